The van der Waals surface area contributed by atoms with Crippen LogP contribution in [0.2, 0.25) is 0 Å². The van der Waals surface area contributed by atoms with Crippen LogP contribution in [-0.4, -0.2) is 29.1 Å². The first-order valence-electron chi connectivity index (χ1n) is 6.75. The van der Waals surface area contributed by atoms with Gasteiger partial charge in [-0.1, -0.05) is 38.5 Å². The van der Waals surface area contributed by atoms with E-state index < -0.39 is 0 Å². The molecule has 0 bridgehead atoms. The number of hydrogen-bond acceptors (Lipinski definition) is 5. The van der Waals surface area contributed by atoms with E-state index in [1.54, 1.807) is 13.3 Å². The second-order valence-corrected chi connectivity index (χ2v) is 5.82. The molecular formula is C14H21N3OS. The van der Waals surface area contributed by atoms with Crippen LogP contribution in [0.3, 0.4) is 0 Å². The quantitative estimate of drug-likeness (QED) is 0.897. The van der Waals surface area contributed by atoms with Crippen LogP contribution in [0.4, 0.5) is 5.69 Å². The minimum atomic E-state index is 0.615. The number of amidine groups is 1. The number of anilines is 1. The SMILES string of the molecule is CCC(CC)C1CN=C(Nc2ccc(OC)nc2)S1. The molecule has 1 aliphatic rings. The summed E-state index contributed by atoms with van der Waals surface area (Å²) in [6.45, 7) is 5.43. The van der Waals surface area contributed by atoms with Gasteiger partial charge in [0, 0.05) is 11.3 Å². The third-order valence-electron chi connectivity index (χ3n) is 3.45. The Labute approximate surface area is 119 Å². The normalized spacial score (nSPS) is 18.5. The van der Waals surface area contributed by atoms with E-state index in [1.807, 2.05) is 23.9 Å². The standard InChI is InChI=1S/C14H21N3OS/c1-4-10(5-2)12-9-16-14(19-12)17-11-6-7-13(18-3)15-8-11/h6-8,10,12H,4-5,9H2,1-3H3,(H,16,17). The molecule has 1 N–H and O–H groups in total. The van der Waals surface area contributed by atoms with Gasteiger partial charge in [0.05, 0.1) is 25.5 Å². The molecular weight excluding hydrogens is 258 g/mol. The summed E-state index contributed by atoms with van der Waals surface area (Å²) in [6, 6.07) is 3.81. The number of aromatic nitrogens is 1. The van der Waals surface area contributed by atoms with Gasteiger partial charge in [0.15, 0.2) is 5.17 Å². The second-order valence-electron chi connectivity index (χ2n) is 4.59. The van der Waals surface area contributed by atoms with Gasteiger partial charge in [-0.15, -0.1) is 0 Å². The maximum Gasteiger partial charge on any atom is 0.213 e. The Morgan fingerprint density at radius 1 is 1.42 bits per heavy atom. The average Bonchev–Trinajstić information content (AvgIpc) is 2.89. The van der Waals surface area contributed by atoms with Crippen molar-refractivity contribution >= 4 is 22.6 Å². The lowest BCUT2D eigenvalue weighted by molar-refractivity contribution is 0.398. The highest BCUT2D eigenvalue weighted by Crippen LogP contribution is 2.31. The fraction of sp³-hybridized carbons (Fsp3) is 0.571. The van der Waals surface area contributed by atoms with Crippen LogP contribution >= 0.6 is 11.8 Å². The first-order valence-corrected chi connectivity index (χ1v) is 7.63. The summed E-state index contributed by atoms with van der Waals surface area (Å²) in [5.41, 5.74) is 0.956. The van der Waals surface area contributed by atoms with Crippen LogP contribution in [0.1, 0.15) is 26.7 Å². The van der Waals surface area contributed by atoms with Crippen molar-refractivity contribution in [3.8, 4) is 5.88 Å². The predicted molar refractivity (Wildman–Crippen MR) is 82.2 cm³/mol. The Morgan fingerprint density at radius 3 is 2.79 bits per heavy atom. The van der Waals surface area contributed by atoms with Crippen LogP contribution < -0.4 is 10.1 Å². The van der Waals surface area contributed by atoms with Crippen LogP contribution in [0.5, 0.6) is 5.88 Å². The minimum absolute atomic E-state index is 0.615. The topological polar surface area (TPSA) is 46.5 Å². The van der Waals surface area contributed by atoms with E-state index in [9.17, 15) is 0 Å². The Bertz CT molecular complexity index is 429. The molecule has 1 atom stereocenters. The lowest BCUT2D eigenvalue weighted by Gasteiger charge is -2.18. The molecule has 1 unspecified atom stereocenters. The van der Waals surface area contributed by atoms with Gasteiger partial charge in [-0.3, -0.25) is 4.99 Å². The highest BCUT2D eigenvalue weighted by Gasteiger charge is 2.25. The molecule has 4 nitrogen and oxygen atoms in total. The van der Waals surface area contributed by atoms with Crippen molar-refractivity contribution in [2.24, 2.45) is 10.9 Å². The number of pyridine rings is 1. The molecule has 104 valence electrons. The second kappa shape index (κ2) is 6.80. The van der Waals surface area contributed by atoms with E-state index in [4.69, 9.17) is 4.74 Å². The zero-order valence-electron chi connectivity index (χ0n) is 11.7. The maximum atomic E-state index is 5.04. The van der Waals surface area contributed by atoms with E-state index in [2.05, 4.69) is 29.1 Å². The molecule has 0 fully saturated rings. The van der Waals surface area contributed by atoms with Gasteiger partial charge >= 0.3 is 0 Å². The number of thioether (sulfide) groups is 1. The lowest BCUT2D eigenvalue weighted by Crippen LogP contribution is -2.17. The summed E-state index contributed by atoms with van der Waals surface area (Å²) in [6.07, 6.45) is 4.22. The Kier molecular flexibility index (Phi) is 5.07. The van der Waals surface area contributed by atoms with Gasteiger partial charge in [-0.2, -0.15) is 0 Å². The summed E-state index contributed by atoms with van der Waals surface area (Å²) in [4.78, 5) is 8.76. The predicted octanol–water partition coefficient (Wildman–Crippen LogP) is 3.41. The highest BCUT2D eigenvalue weighted by atomic mass is 32.2. The molecule has 2 heterocycles. The van der Waals surface area contributed by atoms with Gasteiger partial charge in [0.1, 0.15) is 0 Å². The summed E-state index contributed by atoms with van der Waals surface area (Å²) in [5.74, 6) is 1.38. The fourth-order valence-electron chi connectivity index (χ4n) is 2.22. The Balaban J connectivity index is 1.90. The molecule has 0 aromatic carbocycles. The van der Waals surface area contributed by atoms with Crippen LogP contribution in [0.25, 0.3) is 0 Å². The monoisotopic (exact) mass is 279 g/mol. The van der Waals surface area contributed by atoms with Crippen molar-refractivity contribution in [1.29, 1.82) is 0 Å². The van der Waals surface area contributed by atoms with Gasteiger partial charge < -0.3 is 10.1 Å². The number of rotatable bonds is 5. The van der Waals surface area contributed by atoms with Crippen LogP contribution in [0.15, 0.2) is 23.3 Å². The molecule has 1 aromatic heterocycles. The molecule has 0 saturated heterocycles. The molecule has 19 heavy (non-hydrogen) atoms. The summed E-state index contributed by atoms with van der Waals surface area (Å²) in [7, 11) is 1.62. The van der Waals surface area contributed by atoms with Gasteiger partial charge in [0.25, 0.3) is 0 Å². The van der Waals surface area contributed by atoms with E-state index in [1.165, 1.54) is 12.8 Å². The van der Waals surface area contributed by atoms with Crippen molar-refractivity contribution in [2.45, 2.75) is 31.9 Å². The maximum absolute atomic E-state index is 5.04. The Hall–Kier alpha value is -1.23. The number of nitrogens with zero attached hydrogens (tertiary/aromatic N) is 2. The summed E-state index contributed by atoms with van der Waals surface area (Å²) >= 11 is 1.85. The number of ether oxygens (including phenoxy) is 1. The van der Waals surface area contributed by atoms with Crippen molar-refractivity contribution in [3.05, 3.63) is 18.3 Å². The number of nitrogens with one attached hydrogen (secondary N) is 1. The van der Waals surface area contributed by atoms with Gasteiger partial charge in [-0.25, -0.2) is 4.98 Å². The van der Waals surface area contributed by atoms with E-state index >= 15 is 0 Å². The zero-order chi connectivity index (χ0) is 13.7. The number of aliphatic imine (C=N–C) groups is 1. The first-order chi connectivity index (χ1) is 9.26. The number of hydrogen-bond donors (Lipinski definition) is 1. The van der Waals surface area contributed by atoms with E-state index in [0.717, 1.165) is 23.3 Å². The van der Waals surface area contributed by atoms with Crippen molar-refractivity contribution in [3.63, 3.8) is 0 Å². The van der Waals surface area contributed by atoms with E-state index in [-0.39, 0.29) is 0 Å². The summed E-state index contributed by atoms with van der Waals surface area (Å²) < 4.78 is 5.04. The molecule has 0 aliphatic carbocycles. The molecule has 0 spiro atoms. The van der Waals surface area contributed by atoms with Crippen molar-refractivity contribution in [2.75, 3.05) is 19.0 Å². The third kappa shape index (κ3) is 3.62. The molecule has 0 saturated carbocycles. The molecule has 0 amide bonds. The largest absolute Gasteiger partial charge is 0.481 e. The van der Waals surface area contributed by atoms with Gasteiger partial charge in [0.2, 0.25) is 5.88 Å². The smallest absolute Gasteiger partial charge is 0.213 e. The molecule has 0 radical (unpaired) electrons. The fourth-order valence-corrected chi connectivity index (χ4v) is 3.56. The Morgan fingerprint density at radius 2 is 2.21 bits per heavy atom. The van der Waals surface area contributed by atoms with Crippen LogP contribution in [0, 0.1) is 5.92 Å². The molecule has 2 rings (SSSR count). The van der Waals surface area contributed by atoms with Crippen LogP contribution in [-0.2, 0) is 0 Å². The third-order valence-corrected chi connectivity index (χ3v) is 4.74. The highest BCUT2D eigenvalue weighted by molar-refractivity contribution is 8.15. The molecule has 5 heteroatoms. The zero-order valence-corrected chi connectivity index (χ0v) is 12.5. The lowest BCUT2D eigenvalue weighted by atomic mass is 9.99. The molecule has 1 aliphatic heterocycles. The van der Waals surface area contributed by atoms with Crippen molar-refractivity contribution < 1.29 is 4.74 Å². The first kappa shape index (κ1) is 14.2. The van der Waals surface area contributed by atoms with Gasteiger partial charge in [-0.05, 0) is 12.0 Å². The van der Waals surface area contributed by atoms with E-state index in [0.29, 0.717) is 11.1 Å². The average molecular weight is 279 g/mol. The minimum Gasteiger partial charge on any atom is -0.481 e. The summed E-state index contributed by atoms with van der Waals surface area (Å²) in [5, 5.41) is 4.94. The molecule has 1 aromatic rings. The van der Waals surface area contributed by atoms with Crippen molar-refractivity contribution in [1.82, 2.24) is 4.98 Å². The number of methoxy groups -OCH3 is 1.